The van der Waals surface area contributed by atoms with Gasteiger partial charge in [0.25, 0.3) is 0 Å². The summed E-state index contributed by atoms with van der Waals surface area (Å²) in [6, 6.07) is 15.4. The Hall–Kier alpha value is -1.44. The molecule has 0 bridgehead atoms. The lowest BCUT2D eigenvalue weighted by atomic mass is 10.1. The molecule has 2 aromatic rings. The van der Waals surface area contributed by atoms with Crippen molar-refractivity contribution in [3.63, 3.8) is 0 Å². The molecule has 1 N–H and O–H groups in total. The molecule has 0 heterocycles. The first kappa shape index (κ1) is 13.0. The number of hydrogen-bond donors (Lipinski definition) is 1. The third kappa shape index (κ3) is 3.06. The molecule has 0 saturated carbocycles. The molecule has 0 fully saturated rings. The highest BCUT2D eigenvalue weighted by Crippen LogP contribution is 2.30. The van der Waals surface area contributed by atoms with Gasteiger partial charge in [0.2, 0.25) is 0 Å². The second-order valence-electron chi connectivity index (χ2n) is 3.92. The molecule has 0 saturated heterocycles. The average Bonchev–Trinajstić information content (AvgIpc) is 2.39. The summed E-state index contributed by atoms with van der Waals surface area (Å²) >= 11 is 12.2. The van der Waals surface area contributed by atoms with E-state index >= 15 is 0 Å². The molecule has 2 aromatic carbocycles. The quantitative estimate of drug-likeness (QED) is 0.818. The van der Waals surface area contributed by atoms with E-state index in [1.165, 1.54) is 0 Å². The van der Waals surface area contributed by atoms with Gasteiger partial charge in [0.1, 0.15) is 0 Å². The maximum absolute atomic E-state index is 6.08. The molecule has 92 valence electrons. The number of rotatable bonds is 4. The van der Waals surface area contributed by atoms with Crippen molar-refractivity contribution in [3.8, 4) is 0 Å². The molecular weight excluding hydrogens is 265 g/mol. The molecule has 1 nitrogen and oxygen atoms in total. The van der Waals surface area contributed by atoms with Gasteiger partial charge in [-0.3, -0.25) is 0 Å². The Balaban J connectivity index is 2.07. The monoisotopic (exact) mass is 277 g/mol. The maximum Gasteiger partial charge on any atom is 0.0721 e. The largest absolute Gasteiger partial charge is 0.379 e. The summed E-state index contributed by atoms with van der Waals surface area (Å²) in [6.45, 7) is 4.66. The number of benzene rings is 2. The van der Waals surface area contributed by atoms with Gasteiger partial charge in [-0.25, -0.2) is 0 Å². The zero-order valence-corrected chi connectivity index (χ0v) is 11.3. The summed E-state index contributed by atoms with van der Waals surface area (Å²) in [5.41, 5.74) is 2.85. The van der Waals surface area contributed by atoms with Crippen LogP contribution in [0, 0.1) is 0 Å². The Morgan fingerprint density at radius 3 is 2.17 bits per heavy atom. The highest BCUT2D eigenvalue weighted by Gasteiger charge is 2.05. The first-order valence-electron chi connectivity index (χ1n) is 5.59. The van der Waals surface area contributed by atoms with Crippen molar-refractivity contribution in [2.75, 3.05) is 11.9 Å². The molecule has 0 aliphatic rings. The van der Waals surface area contributed by atoms with Gasteiger partial charge in [0, 0.05) is 6.54 Å². The molecule has 2 rings (SSSR count). The molecule has 0 unspecified atom stereocenters. The van der Waals surface area contributed by atoms with Crippen molar-refractivity contribution < 1.29 is 0 Å². The summed E-state index contributed by atoms with van der Waals surface area (Å²) in [6.07, 6.45) is 0. The number of halogens is 2. The van der Waals surface area contributed by atoms with Crippen LogP contribution in [0.1, 0.15) is 5.56 Å². The highest BCUT2D eigenvalue weighted by atomic mass is 35.5. The van der Waals surface area contributed by atoms with Gasteiger partial charge < -0.3 is 5.32 Å². The summed E-state index contributed by atoms with van der Waals surface area (Å²) in [7, 11) is 0. The number of anilines is 1. The van der Waals surface area contributed by atoms with Crippen LogP contribution in [0.15, 0.2) is 55.1 Å². The molecule has 18 heavy (non-hydrogen) atoms. The first-order chi connectivity index (χ1) is 8.68. The Morgan fingerprint density at radius 1 is 0.944 bits per heavy atom. The third-order valence-electron chi connectivity index (χ3n) is 2.62. The van der Waals surface area contributed by atoms with Crippen molar-refractivity contribution in [1.29, 1.82) is 0 Å². The fourth-order valence-electron chi connectivity index (χ4n) is 1.64. The normalized spacial score (nSPS) is 10.1. The minimum Gasteiger partial charge on any atom is -0.379 e. The van der Waals surface area contributed by atoms with E-state index in [-0.39, 0.29) is 0 Å². The van der Waals surface area contributed by atoms with Crippen LogP contribution in [0.2, 0.25) is 10.0 Å². The molecule has 0 aliphatic heterocycles. The average molecular weight is 278 g/mol. The van der Waals surface area contributed by atoms with E-state index in [2.05, 4.69) is 11.9 Å². The number of hydrogen-bond acceptors (Lipinski definition) is 1. The van der Waals surface area contributed by atoms with E-state index < -0.39 is 0 Å². The second kappa shape index (κ2) is 5.94. The summed E-state index contributed by atoms with van der Waals surface area (Å²) < 4.78 is 0. The molecule has 0 aromatic heterocycles. The lowest BCUT2D eigenvalue weighted by Crippen LogP contribution is -2.04. The Morgan fingerprint density at radius 2 is 1.56 bits per heavy atom. The van der Waals surface area contributed by atoms with Gasteiger partial charge >= 0.3 is 0 Å². The summed E-state index contributed by atoms with van der Waals surface area (Å²) in [4.78, 5) is 0. The van der Waals surface area contributed by atoms with Crippen molar-refractivity contribution in [2.24, 2.45) is 0 Å². The fraction of sp³-hybridized carbons (Fsp3) is 0.0667. The molecule has 0 aliphatic carbocycles. The molecular formula is C15H13Cl2N. The topological polar surface area (TPSA) is 12.0 Å². The zero-order valence-electron chi connectivity index (χ0n) is 9.79. The van der Waals surface area contributed by atoms with Gasteiger partial charge in [-0.2, -0.15) is 0 Å². The van der Waals surface area contributed by atoms with Crippen LogP contribution in [0.3, 0.4) is 0 Å². The van der Waals surface area contributed by atoms with Gasteiger partial charge in [-0.05, 0) is 23.3 Å². The van der Waals surface area contributed by atoms with Gasteiger partial charge in [-0.1, -0.05) is 66.2 Å². The number of nitrogens with one attached hydrogen (secondary N) is 1. The molecule has 0 radical (unpaired) electrons. The van der Waals surface area contributed by atoms with Crippen molar-refractivity contribution >= 4 is 34.5 Å². The van der Waals surface area contributed by atoms with E-state index in [4.69, 9.17) is 23.2 Å². The fourth-order valence-corrected chi connectivity index (χ4v) is 2.17. The minimum atomic E-state index is 0.605. The minimum absolute atomic E-state index is 0.605. The molecule has 3 heteroatoms. The SMILES string of the molecule is C=C(CNc1c(Cl)cccc1Cl)c1ccccc1. The first-order valence-corrected chi connectivity index (χ1v) is 6.35. The van der Waals surface area contributed by atoms with Crippen molar-refractivity contribution in [3.05, 3.63) is 70.7 Å². The summed E-state index contributed by atoms with van der Waals surface area (Å²) in [5, 5.41) is 4.44. The van der Waals surface area contributed by atoms with Gasteiger partial charge in [-0.15, -0.1) is 0 Å². The lowest BCUT2D eigenvalue weighted by Gasteiger charge is -2.12. The van der Waals surface area contributed by atoms with Crippen LogP contribution in [0.4, 0.5) is 5.69 Å². The van der Waals surface area contributed by atoms with Crippen LogP contribution >= 0.6 is 23.2 Å². The Kier molecular flexibility index (Phi) is 4.29. The van der Waals surface area contributed by atoms with E-state index in [1.54, 1.807) is 12.1 Å². The van der Waals surface area contributed by atoms with Gasteiger partial charge in [0.05, 0.1) is 15.7 Å². The molecule has 0 spiro atoms. The van der Waals surface area contributed by atoms with E-state index in [0.29, 0.717) is 16.6 Å². The summed E-state index contributed by atoms with van der Waals surface area (Å²) in [5.74, 6) is 0. The van der Waals surface area contributed by atoms with Crippen LogP contribution in [0.5, 0.6) is 0 Å². The van der Waals surface area contributed by atoms with Crippen molar-refractivity contribution in [1.82, 2.24) is 0 Å². The molecule has 0 atom stereocenters. The predicted octanol–water partition coefficient (Wildman–Crippen LogP) is 5.12. The van der Waals surface area contributed by atoms with Crippen LogP contribution in [-0.2, 0) is 0 Å². The second-order valence-corrected chi connectivity index (χ2v) is 4.73. The number of para-hydroxylation sites is 1. The standard InChI is InChI=1S/C15H13Cl2N/c1-11(12-6-3-2-4-7-12)10-18-15-13(16)8-5-9-14(15)17/h2-9,18H,1,10H2. The van der Waals surface area contributed by atoms with E-state index in [1.807, 2.05) is 36.4 Å². The van der Waals surface area contributed by atoms with E-state index in [0.717, 1.165) is 16.8 Å². The van der Waals surface area contributed by atoms with Crippen molar-refractivity contribution in [2.45, 2.75) is 0 Å². The predicted molar refractivity (Wildman–Crippen MR) is 80.4 cm³/mol. The van der Waals surface area contributed by atoms with Crippen LogP contribution in [0.25, 0.3) is 5.57 Å². The molecule has 0 amide bonds. The third-order valence-corrected chi connectivity index (χ3v) is 3.25. The zero-order chi connectivity index (χ0) is 13.0. The van der Waals surface area contributed by atoms with E-state index in [9.17, 15) is 0 Å². The highest BCUT2D eigenvalue weighted by molar-refractivity contribution is 6.39. The maximum atomic E-state index is 6.08. The Bertz CT molecular complexity index is 529. The smallest absolute Gasteiger partial charge is 0.0721 e. The Labute approximate surface area is 117 Å². The van der Waals surface area contributed by atoms with Crippen LogP contribution < -0.4 is 5.32 Å². The lowest BCUT2D eigenvalue weighted by molar-refractivity contribution is 1.34. The van der Waals surface area contributed by atoms with Gasteiger partial charge in [0.15, 0.2) is 0 Å². The van der Waals surface area contributed by atoms with Crippen LogP contribution in [-0.4, -0.2) is 6.54 Å².